The van der Waals surface area contributed by atoms with E-state index in [9.17, 15) is 18.5 Å². The molecule has 0 unspecified atom stereocenters. The SMILES string of the molecule is Cn1cc(-c2ccc(N(C(=O)NCc3ccccc3)C3CCC(Nc4ncc(C#N)c(-c5cncc(S(C)(=O)=O)c5)n4)CC3)nc2)cn1. The van der Waals surface area contributed by atoms with Crippen LogP contribution in [-0.4, -0.2) is 62.5 Å². The molecule has 0 bridgehead atoms. The van der Waals surface area contributed by atoms with E-state index in [1.807, 2.05) is 55.7 Å². The van der Waals surface area contributed by atoms with Crippen molar-refractivity contribution < 1.29 is 13.2 Å². The van der Waals surface area contributed by atoms with Gasteiger partial charge < -0.3 is 10.6 Å². The van der Waals surface area contributed by atoms with Crippen molar-refractivity contribution in [2.75, 3.05) is 16.5 Å². The van der Waals surface area contributed by atoms with Gasteiger partial charge in [-0.15, -0.1) is 0 Å². The molecule has 0 saturated heterocycles. The number of urea groups is 1. The minimum absolute atomic E-state index is 0.0117. The number of nitrogens with zero attached hydrogens (tertiary/aromatic N) is 8. The van der Waals surface area contributed by atoms with E-state index in [1.165, 1.54) is 24.7 Å². The Balaban J connectivity index is 1.18. The predicted molar refractivity (Wildman–Crippen MR) is 180 cm³/mol. The molecule has 5 aromatic rings. The quantitative estimate of drug-likeness (QED) is 0.224. The Labute approximate surface area is 278 Å². The first-order valence-electron chi connectivity index (χ1n) is 15.4. The Hall–Kier alpha value is -5.68. The molecular weight excluding hydrogens is 629 g/mol. The van der Waals surface area contributed by atoms with E-state index in [0.717, 1.165) is 35.8 Å². The summed E-state index contributed by atoms with van der Waals surface area (Å²) in [5.41, 5.74) is 3.75. The number of rotatable bonds is 9. The number of benzene rings is 1. The summed E-state index contributed by atoms with van der Waals surface area (Å²) >= 11 is 0. The third-order valence-corrected chi connectivity index (χ3v) is 9.34. The van der Waals surface area contributed by atoms with E-state index in [0.29, 0.717) is 42.4 Å². The van der Waals surface area contributed by atoms with Crippen molar-refractivity contribution in [3.05, 3.63) is 96.8 Å². The van der Waals surface area contributed by atoms with Crippen LogP contribution >= 0.6 is 0 Å². The van der Waals surface area contributed by atoms with Crippen molar-refractivity contribution in [2.24, 2.45) is 7.05 Å². The molecule has 48 heavy (non-hydrogen) atoms. The topological polar surface area (TPSA) is 172 Å². The van der Waals surface area contributed by atoms with Crippen LogP contribution in [0.3, 0.4) is 0 Å². The molecule has 2 N–H and O–H groups in total. The number of carbonyl (C=O) groups excluding carboxylic acids is 1. The number of pyridine rings is 2. The van der Waals surface area contributed by atoms with E-state index >= 15 is 0 Å². The molecule has 1 aromatic carbocycles. The van der Waals surface area contributed by atoms with E-state index in [4.69, 9.17) is 4.98 Å². The molecule has 0 radical (unpaired) electrons. The van der Waals surface area contributed by atoms with E-state index < -0.39 is 9.84 Å². The van der Waals surface area contributed by atoms with Gasteiger partial charge in [0.1, 0.15) is 11.9 Å². The average Bonchev–Trinajstić information content (AvgIpc) is 3.54. The summed E-state index contributed by atoms with van der Waals surface area (Å²) in [7, 11) is -1.64. The van der Waals surface area contributed by atoms with Crippen molar-refractivity contribution >= 4 is 27.6 Å². The highest BCUT2D eigenvalue weighted by molar-refractivity contribution is 7.90. The predicted octanol–water partition coefficient (Wildman–Crippen LogP) is 4.75. The molecule has 244 valence electrons. The average molecular weight is 663 g/mol. The van der Waals surface area contributed by atoms with Crippen LogP contribution in [0.2, 0.25) is 0 Å². The molecule has 0 spiro atoms. The fourth-order valence-corrected chi connectivity index (χ4v) is 6.34. The molecule has 1 aliphatic carbocycles. The Kier molecular flexibility index (Phi) is 9.40. The lowest BCUT2D eigenvalue weighted by Crippen LogP contribution is -2.49. The summed E-state index contributed by atoms with van der Waals surface area (Å²) in [6.07, 6.45) is 13.6. The van der Waals surface area contributed by atoms with Crippen molar-refractivity contribution in [1.29, 1.82) is 5.26 Å². The first-order valence-corrected chi connectivity index (χ1v) is 17.3. The zero-order valence-corrected chi connectivity index (χ0v) is 27.3. The molecule has 14 heteroatoms. The van der Waals surface area contributed by atoms with Gasteiger partial charge in [0.2, 0.25) is 5.95 Å². The Morgan fingerprint density at radius 3 is 2.44 bits per heavy atom. The first-order chi connectivity index (χ1) is 23.2. The molecule has 4 heterocycles. The van der Waals surface area contributed by atoms with Crippen LogP contribution in [0.1, 0.15) is 36.8 Å². The molecule has 4 aromatic heterocycles. The van der Waals surface area contributed by atoms with Gasteiger partial charge in [-0.2, -0.15) is 10.4 Å². The highest BCUT2D eigenvalue weighted by Crippen LogP contribution is 2.30. The van der Waals surface area contributed by atoms with Crippen LogP contribution < -0.4 is 15.5 Å². The zero-order valence-electron chi connectivity index (χ0n) is 26.5. The number of aromatic nitrogens is 6. The normalized spacial score (nSPS) is 16.1. The number of carbonyl (C=O) groups is 1. The van der Waals surface area contributed by atoms with Gasteiger partial charge in [0.05, 0.1) is 28.5 Å². The molecule has 13 nitrogen and oxygen atoms in total. The second-order valence-corrected chi connectivity index (χ2v) is 13.7. The molecule has 1 fully saturated rings. The van der Waals surface area contributed by atoms with Crippen LogP contribution in [0.15, 0.2) is 90.6 Å². The number of amides is 2. The van der Waals surface area contributed by atoms with Gasteiger partial charge in [0, 0.05) is 73.4 Å². The molecular formula is C34H34N10O3S. The number of anilines is 2. The van der Waals surface area contributed by atoms with Gasteiger partial charge in [0.25, 0.3) is 0 Å². The van der Waals surface area contributed by atoms with Crippen molar-refractivity contribution in [3.8, 4) is 28.5 Å². The van der Waals surface area contributed by atoms with Gasteiger partial charge in [-0.25, -0.2) is 28.2 Å². The maximum atomic E-state index is 13.7. The Bertz CT molecular complexity index is 2050. The van der Waals surface area contributed by atoms with Gasteiger partial charge in [-0.3, -0.25) is 14.6 Å². The van der Waals surface area contributed by atoms with Crippen molar-refractivity contribution in [3.63, 3.8) is 0 Å². The fourth-order valence-electron chi connectivity index (χ4n) is 5.75. The van der Waals surface area contributed by atoms with Crippen LogP contribution in [0.5, 0.6) is 0 Å². The van der Waals surface area contributed by atoms with Crippen LogP contribution in [0, 0.1) is 11.3 Å². The number of sulfone groups is 1. The number of aryl methyl sites for hydroxylation is 1. The minimum atomic E-state index is -3.50. The maximum Gasteiger partial charge on any atom is 0.323 e. The lowest BCUT2D eigenvalue weighted by atomic mass is 9.90. The summed E-state index contributed by atoms with van der Waals surface area (Å²) in [5.74, 6) is 0.886. The van der Waals surface area contributed by atoms with Crippen molar-refractivity contribution in [2.45, 2.75) is 49.2 Å². The molecule has 0 aliphatic heterocycles. The number of nitriles is 1. The third kappa shape index (κ3) is 7.48. The zero-order chi connectivity index (χ0) is 33.7. The van der Waals surface area contributed by atoms with Gasteiger partial charge in [-0.1, -0.05) is 30.3 Å². The molecule has 1 aliphatic rings. The first kappa shape index (κ1) is 32.3. The highest BCUT2D eigenvalue weighted by Gasteiger charge is 2.31. The molecule has 2 amide bonds. The van der Waals surface area contributed by atoms with Gasteiger partial charge in [0.15, 0.2) is 9.84 Å². The van der Waals surface area contributed by atoms with Gasteiger partial charge >= 0.3 is 6.03 Å². The summed E-state index contributed by atoms with van der Waals surface area (Å²) in [5, 5.41) is 20.4. The standard InChI is InChI=1S/C34H34N10O3S/c1-43-22-27(20-40-43)24-8-13-31(37-18-24)44(34(45)39-16-23-6-4-3-5-7-23)29-11-9-28(10-12-29)41-33-38-19-26(15-35)32(42-33)25-14-30(21-36-17-25)48(2,46)47/h3-8,13-14,17-22,28-29H,9-12,16H2,1-2H3,(H,39,45)(H,38,41,42). The maximum absolute atomic E-state index is 13.7. The minimum Gasteiger partial charge on any atom is -0.351 e. The van der Waals surface area contributed by atoms with E-state index in [-0.39, 0.29) is 28.6 Å². The Morgan fingerprint density at radius 2 is 1.77 bits per heavy atom. The lowest BCUT2D eigenvalue weighted by molar-refractivity contribution is 0.240. The number of hydrogen-bond acceptors (Lipinski definition) is 10. The summed E-state index contributed by atoms with van der Waals surface area (Å²) < 4.78 is 25.9. The largest absolute Gasteiger partial charge is 0.351 e. The highest BCUT2D eigenvalue weighted by atomic mass is 32.2. The van der Waals surface area contributed by atoms with Crippen molar-refractivity contribution in [1.82, 2.24) is 35.0 Å². The number of hydrogen-bond donors (Lipinski definition) is 2. The lowest BCUT2D eigenvalue weighted by Gasteiger charge is -2.36. The molecule has 1 saturated carbocycles. The summed E-state index contributed by atoms with van der Waals surface area (Å²) in [4.78, 5) is 33.2. The second-order valence-electron chi connectivity index (χ2n) is 11.7. The Morgan fingerprint density at radius 1 is 0.979 bits per heavy atom. The smallest absolute Gasteiger partial charge is 0.323 e. The van der Waals surface area contributed by atoms with E-state index in [2.05, 4.69) is 36.8 Å². The summed E-state index contributed by atoms with van der Waals surface area (Å²) in [6.45, 7) is 0.391. The number of nitrogens with one attached hydrogen (secondary N) is 2. The molecule has 0 atom stereocenters. The second kappa shape index (κ2) is 14.0. The van der Waals surface area contributed by atoms with Crippen LogP contribution in [0.25, 0.3) is 22.4 Å². The molecule has 6 rings (SSSR count). The third-order valence-electron chi connectivity index (χ3n) is 8.26. The fraction of sp³-hybridized carbons (Fsp3) is 0.265. The van der Waals surface area contributed by atoms with Gasteiger partial charge in [-0.05, 0) is 49.4 Å². The van der Waals surface area contributed by atoms with E-state index in [1.54, 1.807) is 22.0 Å². The summed E-state index contributed by atoms with van der Waals surface area (Å²) in [6, 6.07) is 16.8. The van der Waals surface area contributed by atoms with Crippen LogP contribution in [0.4, 0.5) is 16.6 Å². The van der Waals surface area contributed by atoms with Crippen LogP contribution in [-0.2, 0) is 23.4 Å². The monoisotopic (exact) mass is 662 g/mol.